The lowest BCUT2D eigenvalue weighted by Crippen LogP contribution is -2.40. The van der Waals surface area contributed by atoms with Gasteiger partial charge in [-0.2, -0.15) is 0 Å². The van der Waals surface area contributed by atoms with Gasteiger partial charge in [0.25, 0.3) is 0 Å². The molecule has 2 aliphatic heterocycles. The second kappa shape index (κ2) is 10.0. The Morgan fingerprint density at radius 3 is 2.32 bits per heavy atom. The lowest BCUT2D eigenvalue weighted by molar-refractivity contribution is 0.497. The van der Waals surface area contributed by atoms with Crippen molar-refractivity contribution in [2.45, 2.75) is 38.1 Å². The summed E-state index contributed by atoms with van der Waals surface area (Å²) in [5.74, 6) is 0.310. The van der Waals surface area contributed by atoms with E-state index in [-0.39, 0.29) is 10.9 Å². The summed E-state index contributed by atoms with van der Waals surface area (Å²) in [4.78, 5) is 4.53. The van der Waals surface area contributed by atoms with E-state index >= 15 is 4.39 Å². The summed E-state index contributed by atoms with van der Waals surface area (Å²) in [5, 5.41) is 0.930. The highest BCUT2D eigenvalue weighted by molar-refractivity contribution is 7.80. The molecule has 0 bridgehead atoms. The molecule has 2 aromatic carbocycles. The minimum absolute atomic E-state index is 0.170. The highest BCUT2D eigenvalue weighted by Gasteiger charge is 2.25. The van der Waals surface area contributed by atoms with Crippen LogP contribution in [0.4, 0.5) is 15.8 Å². The van der Waals surface area contributed by atoms with Crippen LogP contribution in [-0.4, -0.2) is 31.3 Å². The fourth-order valence-corrected chi connectivity index (χ4v) is 4.84. The Morgan fingerprint density at radius 1 is 1.03 bits per heavy atom. The van der Waals surface area contributed by atoms with Crippen molar-refractivity contribution >= 4 is 40.3 Å². The summed E-state index contributed by atoms with van der Waals surface area (Å²) in [7, 11) is 0. The number of anilines is 2. The highest BCUT2D eigenvalue weighted by Crippen LogP contribution is 2.36. The highest BCUT2D eigenvalue weighted by atomic mass is 35.5. The number of hydrazine groups is 1. The van der Waals surface area contributed by atoms with Gasteiger partial charge >= 0.3 is 0 Å². The zero-order valence-corrected chi connectivity index (χ0v) is 19.1. The number of rotatable bonds is 6. The average molecular weight is 462 g/mol. The summed E-state index contributed by atoms with van der Waals surface area (Å²) in [6, 6.07) is 11.8. The number of nitrogens with two attached hydrogens (primary N) is 1. The maximum absolute atomic E-state index is 15.2. The van der Waals surface area contributed by atoms with Crippen LogP contribution in [0.1, 0.15) is 42.7 Å². The van der Waals surface area contributed by atoms with Crippen LogP contribution in [0.25, 0.3) is 0 Å². The lowest BCUT2D eigenvalue weighted by Gasteiger charge is -2.35. The summed E-state index contributed by atoms with van der Waals surface area (Å²) in [6.07, 6.45) is 4.33. The van der Waals surface area contributed by atoms with E-state index in [0.29, 0.717) is 18.2 Å². The molecule has 2 aliphatic rings. The van der Waals surface area contributed by atoms with Crippen molar-refractivity contribution in [2.24, 2.45) is 5.73 Å². The minimum Gasteiger partial charge on any atom is -0.375 e. The molecular weight excluding hydrogens is 433 g/mol. The number of piperidine rings is 1. The van der Waals surface area contributed by atoms with Crippen LogP contribution < -0.4 is 26.4 Å². The predicted molar refractivity (Wildman–Crippen MR) is 130 cm³/mol. The number of thiocarbonyl (C=S) groups is 1. The van der Waals surface area contributed by atoms with Gasteiger partial charge in [-0.1, -0.05) is 23.7 Å². The molecule has 8 heteroatoms. The minimum atomic E-state index is -0.181. The first-order valence-electron chi connectivity index (χ1n) is 10.9. The van der Waals surface area contributed by atoms with E-state index in [0.717, 1.165) is 68.1 Å². The largest absolute Gasteiger partial charge is 0.375 e. The Kier molecular flexibility index (Phi) is 7.15. The van der Waals surface area contributed by atoms with Gasteiger partial charge in [-0.25, -0.2) is 9.82 Å². The first-order valence-corrected chi connectivity index (χ1v) is 11.7. The fraction of sp³-hybridized carbons (Fsp3) is 0.435. The van der Waals surface area contributed by atoms with Crippen molar-refractivity contribution in [3.8, 4) is 0 Å². The van der Waals surface area contributed by atoms with Crippen molar-refractivity contribution in [1.82, 2.24) is 10.9 Å². The Labute approximate surface area is 193 Å². The molecule has 0 saturated carbocycles. The van der Waals surface area contributed by atoms with Gasteiger partial charge in [-0.15, -0.1) is 0 Å². The Morgan fingerprint density at radius 2 is 1.68 bits per heavy atom. The topological polar surface area (TPSA) is 56.6 Å². The average Bonchev–Trinajstić information content (AvgIpc) is 3.29. The molecule has 4 rings (SSSR count). The van der Waals surface area contributed by atoms with Crippen LogP contribution in [0.15, 0.2) is 36.4 Å². The van der Waals surface area contributed by atoms with Crippen molar-refractivity contribution in [2.75, 3.05) is 36.0 Å². The van der Waals surface area contributed by atoms with Gasteiger partial charge in [-0.3, -0.25) is 5.43 Å². The normalized spacial score (nSPS) is 17.2. The predicted octanol–water partition coefficient (Wildman–Crippen LogP) is 4.30. The van der Waals surface area contributed by atoms with Gasteiger partial charge in [0.05, 0.1) is 5.69 Å². The second-order valence-electron chi connectivity index (χ2n) is 8.28. The monoisotopic (exact) mass is 461 g/mol. The standard InChI is InChI=1S/C23H29ClFN5S/c24-19-5-3-16(4-6-19)17-7-11-30(12-8-17)22-14-21(29-9-1-2-10-29)18(13-20(22)25)15-27-28-23(26)31/h3-6,13-14,17,27H,1-2,7-12,15H2,(H3,26,28,31). The molecule has 0 aliphatic carbocycles. The third-order valence-electron chi connectivity index (χ3n) is 6.26. The van der Waals surface area contributed by atoms with Crippen LogP contribution in [0.3, 0.4) is 0 Å². The van der Waals surface area contributed by atoms with Gasteiger partial charge < -0.3 is 15.5 Å². The summed E-state index contributed by atoms with van der Waals surface area (Å²) < 4.78 is 15.2. The molecule has 166 valence electrons. The summed E-state index contributed by atoms with van der Waals surface area (Å²) >= 11 is 10.9. The number of benzene rings is 2. The molecule has 31 heavy (non-hydrogen) atoms. The smallest absolute Gasteiger partial charge is 0.178 e. The van der Waals surface area contributed by atoms with E-state index in [9.17, 15) is 0 Å². The zero-order chi connectivity index (χ0) is 21.8. The quantitative estimate of drug-likeness (QED) is 0.440. The molecule has 0 amide bonds. The van der Waals surface area contributed by atoms with Gasteiger partial charge in [0.1, 0.15) is 5.82 Å². The number of nitrogens with one attached hydrogen (secondary N) is 2. The third-order valence-corrected chi connectivity index (χ3v) is 6.62. The fourth-order valence-electron chi connectivity index (χ4n) is 4.64. The van der Waals surface area contributed by atoms with Crippen LogP contribution in [-0.2, 0) is 6.54 Å². The van der Waals surface area contributed by atoms with E-state index in [1.165, 1.54) is 5.56 Å². The van der Waals surface area contributed by atoms with Crippen molar-refractivity contribution in [3.05, 3.63) is 58.4 Å². The summed E-state index contributed by atoms with van der Waals surface area (Å²) in [6.45, 7) is 4.12. The molecule has 0 unspecified atom stereocenters. The molecule has 0 radical (unpaired) electrons. The van der Waals surface area contributed by atoms with Gasteiger partial charge in [0, 0.05) is 43.4 Å². The van der Waals surface area contributed by atoms with E-state index in [1.54, 1.807) is 6.07 Å². The number of hydrogen-bond donors (Lipinski definition) is 3. The van der Waals surface area contributed by atoms with E-state index in [1.807, 2.05) is 18.2 Å². The van der Waals surface area contributed by atoms with Crippen LogP contribution in [0.2, 0.25) is 5.02 Å². The van der Waals surface area contributed by atoms with Crippen molar-refractivity contribution < 1.29 is 4.39 Å². The third kappa shape index (κ3) is 5.40. The number of nitrogens with zero attached hydrogens (tertiary/aromatic N) is 2. The molecule has 2 aromatic rings. The number of halogens is 2. The Balaban J connectivity index is 1.50. The molecule has 4 N–H and O–H groups in total. The zero-order valence-electron chi connectivity index (χ0n) is 17.5. The van der Waals surface area contributed by atoms with Crippen LogP contribution in [0.5, 0.6) is 0 Å². The maximum Gasteiger partial charge on any atom is 0.178 e. The number of hydrogen-bond acceptors (Lipinski definition) is 4. The lowest BCUT2D eigenvalue weighted by atomic mass is 9.89. The van der Waals surface area contributed by atoms with Crippen molar-refractivity contribution in [3.63, 3.8) is 0 Å². The van der Waals surface area contributed by atoms with Gasteiger partial charge in [0.15, 0.2) is 5.11 Å². The molecule has 5 nitrogen and oxygen atoms in total. The maximum atomic E-state index is 15.2. The van der Waals surface area contributed by atoms with Crippen LogP contribution >= 0.6 is 23.8 Å². The molecule has 0 atom stereocenters. The van der Waals surface area contributed by atoms with Gasteiger partial charge in [0.2, 0.25) is 0 Å². The SMILES string of the molecule is NC(=S)NNCc1cc(F)c(N2CCC(c3ccc(Cl)cc3)CC2)cc1N1CCCC1. The Bertz CT molecular complexity index is 909. The molecule has 0 aromatic heterocycles. The molecule has 2 saturated heterocycles. The summed E-state index contributed by atoms with van der Waals surface area (Å²) in [5.41, 5.74) is 15.2. The van der Waals surface area contributed by atoms with E-state index in [2.05, 4.69) is 32.8 Å². The molecular formula is C23H29ClFN5S. The Hall–Kier alpha value is -2.09. The first-order chi connectivity index (χ1) is 15.0. The van der Waals surface area contributed by atoms with Crippen LogP contribution in [0, 0.1) is 5.82 Å². The van der Waals surface area contributed by atoms with Gasteiger partial charge in [-0.05, 0) is 79.2 Å². The molecule has 2 heterocycles. The molecule has 2 fully saturated rings. The second-order valence-corrected chi connectivity index (χ2v) is 9.16. The first kappa shape index (κ1) is 22.1. The molecule has 0 spiro atoms. The van der Waals surface area contributed by atoms with E-state index in [4.69, 9.17) is 29.6 Å². The van der Waals surface area contributed by atoms with Crippen molar-refractivity contribution in [1.29, 1.82) is 0 Å². The van der Waals surface area contributed by atoms with E-state index < -0.39 is 0 Å².